The normalized spacial score (nSPS) is 24.5. The number of likely N-dealkylation sites (tertiary alicyclic amines) is 2. The van der Waals surface area contributed by atoms with E-state index in [2.05, 4.69) is 70.2 Å². The molecule has 9 rings (SSSR count). The second-order valence-corrected chi connectivity index (χ2v) is 18.3. The zero-order chi connectivity index (χ0) is 42.9. The number of amides is 4. The van der Waals surface area contributed by atoms with Gasteiger partial charge < -0.3 is 34.9 Å². The van der Waals surface area contributed by atoms with Crippen LogP contribution in [0.2, 0.25) is 5.15 Å². The summed E-state index contributed by atoms with van der Waals surface area (Å²) in [6.45, 7) is 7.69. The Bertz CT molecular complexity index is 2480. The minimum Gasteiger partial charge on any atom is -0.453 e. The van der Waals surface area contributed by atoms with Crippen LogP contribution < -0.4 is 10.6 Å². The number of fused-ring (bicyclic) bond motifs is 3. The van der Waals surface area contributed by atoms with Gasteiger partial charge >= 0.3 is 12.2 Å². The predicted octanol–water partition coefficient (Wildman–Crippen LogP) is 8.15. The SMILES string of the molecule is COC(=O)N[C@H](C(=O)N1[C@@H]2C[C@@H]2C[C@H]1C1=NC=C(c2ccc(-c3ccc4cc(-c5nc([C@@H]6C[C@H]7C[C@H]7N6C(=O)[C@@H](NC(=O)OC)C(C)C)[nH]c5Cl)ccc4c3)cc2)C1)C(C)C. The number of carbonyl (C=O) groups is 4. The van der Waals surface area contributed by atoms with Crippen molar-refractivity contribution < 1.29 is 28.7 Å². The molecule has 2 aliphatic carbocycles. The van der Waals surface area contributed by atoms with Crippen molar-refractivity contribution >= 4 is 57.7 Å². The Morgan fingerprint density at radius 2 is 1.21 bits per heavy atom. The van der Waals surface area contributed by atoms with E-state index >= 15 is 0 Å². The summed E-state index contributed by atoms with van der Waals surface area (Å²) in [5.74, 6) is 1.13. The van der Waals surface area contributed by atoms with Crippen LogP contribution in [0.25, 0.3) is 38.7 Å². The molecule has 61 heavy (non-hydrogen) atoms. The molecule has 13 nitrogen and oxygen atoms in total. The average Bonchev–Trinajstić information content (AvgIpc) is 3.90. The Labute approximate surface area is 360 Å². The number of nitrogens with one attached hydrogen (secondary N) is 3. The van der Waals surface area contributed by atoms with Gasteiger partial charge in [-0.15, -0.1) is 0 Å². The quantitative estimate of drug-likeness (QED) is 0.138. The fourth-order valence-corrected chi connectivity index (χ4v) is 10.1. The molecule has 0 unspecified atom stereocenters. The number of carbonyl (C=O) groups excluding carboxylic acids is 4. The lowest BCUT2D eigenvalue weighted by Crippen LogP contribution is -2.54. The van der Waals surface area contributed by atoms with Gasteiger partial charge in [-0.1, -0.05) is 87.8 Å². The molecular weight excluding hydrogens is 794 g/mol. The molecule has 4 aromatic rings. The molecule has 2 saturated heterocycles. The molecule has 0 bridgehead atoms. The first kappa shape index (κ1) is 40.7. The van der Waals surface area contributed by atoms with E-state index < -0.39 is 24.3 Å². The summed E-state index contributed by atoms with van der Waals surface area (Å²) in [5.41, 5.74) is 6.90. The van der Waals surface area contributed by atoms with E-state index in [1.54, 1.807) is 0 Å². The number of imidazole rings is 1. The Hall–Kier alpha value is -5.69. The minimum atomic E-state index is -0.711. The first-order valence-corrected chi connectivity index (χ1v) is 21.7. The van der Waals surface area contributed by atoms with Crippen molar-refractivity contribution in [2.75, 3.05) is 14.2 Å². The van der Waals surface area contributed by atoms with Crippen LogP contribution in [0.5, 0.6) is 0 Å². The van der Waals surface area contributed by atoms with Crippen LogP contribution in [0.15, 0.2) is 71.9 Å². The van der Waals surface area contributed by atoms with Crippen molar-refractivity contribution in [3.8, 4) is 22.4 Å². The van der Waals surface area contributed by atoms with E-state index in [1.807, 2.05) is 49.8 Å². The predicted molar refractivity (Wildman–Crippen MR) is 234 cm³/mol. The lowest BCUT2D eigenvalue weighted by molar-refractivity contribution is -0.137. The Balaban J connectivity index is 0.868. The first-order chi connectivity index (χ1) is 29.3. The van der Waals surface area contributed by atoms with E-state index in [9.17, 15) is 19.2 Å². The molecule has 14 heteroatoms. The number of aliphatic imine (C=N–C) groups is 1. The van der Waals surface area contributed by atoms with Gasteiger partial charge in [0.05, 0.1) is 26.3 Å². The average molecular weight is 846 g/mol. The molecule has 2 saturated carbocycles. The fourth-order valence-electron chi connectivity index (χ4n) is 9.80. The van der Waals surface area contributed by atoms with E-state index in [1.165, 1.54) is 14.2 Å². The van der Waals surface area contributed by atoms with Crippen LogP contribution >= 0.6 is 11.6 Å². The Morgan fingerprint density at radius 3 is 1.79 bits per heavy atom. The number of hydrogen-bond donors (Lipinski definition) is 3. The van der Waals surface area contributed by atoms with Gasteiger partial charge in [-0.2, -0.15) is 0 Å². The van der Waals surface area contributed by atoms with E-state index in [0.717, 1.165) is 70.0 Å². The van der Waals surface area contributed by atoms with Crippen molar-refractivity contribution in [1.29, 1.82) is 0 Å². The maximum Gasteiger partial charge on any atom is 0.407 e. The van der Waals surface area contributed by atoms with E-state index in [4.69, 9.17) is 31.1 Å². The number of nitrogens with zero attached hydrogens (tertiary/aromatic N) is 4. The molecule has 1 aromatic heterocycles. The third-order valence-electron chi connectivity index (χ3n) is 13.3. The molecule has 0 radical (unpaired) electrons. The highest BCUT2D eigenvalue weighted by atomic mass is 35.5. The molecule has 4 amide bonds. The number of H-pyrrole nitrogens is 1. The summed E-state index contributed by atoms with van der Waals surface area (Å²) >= 11 is 6.82. The smallest absolute Gasteiger partial charge is 0.407 e. The number of piperidine rings is 2. The second kappa shape index (κ2) is 16.0. The summed E-state index contributed by atoms with van der Waals surface area (Å²) in [6.07, 6.45) is 5.02. The number of ether oxygens (including phenoxy) is 2. The van der Waals surface area contributed by atoms with Crippen molar-refractivity contribution in [1.82, 2.24) is 30.4 Å². The minimum absolute atomic E-state index is 0.0634. The highest BCUT2D eigenvalue weighted by Crippen LogP contribution is 2.54. The number of halogens is 1. The molecule has 3 aliphatic heterocycles. The van der Waals surface area contributed by atoms with Crippen LogP contribution in [0.3, 0.4) is 0 Å². The number of aromatic nitrogens is 2. The molecule has 0 spiro atoms. The summed E-state index contributed by atoms with van der Waals surface area (Å²) in [7, 11) is 2.60. The lowest BCUT2D eigenvalue weighted by Gasteiger charge is -2.33. The summed E-state index contributed by atoms with van der Waals surface area (Å²) in [4.78, 5) is 68.9. The maximum atomic E-state index is 13.9. The van der Waals surface area contributed by atoms with Crippen molar-refractivity contribution in [3.05, 3.63) is 83.4 Å². The molecule has 3 N–H and O–H groups in total. The number of rotatable bonds is 11. The topological polar surface area (TPSA) is 158 Å². The Morgan fingerprint density at radius 1 is 0.705 bits per heavy atom. The summed E-state index contributed by atoms with van der Waals surface area (Å²) in [6, 6.07) is 19.8. The van der Waals surface area contributed by atoms with Gasteiger partial charge in [0.25, 0.3) is 0 Å². The van der Waals surface area contributed by atoms with Gasteiger partial charge in [-0.05, 0) is 94.5 Å². The molecule has 4 fully saturated rings. The van der Waals surface area contributed by atoms with Gasteiger partial charge in [-0.25, -0.2) is 14.6 Å². The standard InChI is InChI=1S/C47H52ClN7O6/c1-23(2)39(51-46(58)60-5)44(56)54-35-18-31(35)20-37(54)34-17-33(22-49-34)26-9-7-25(8-10-26)27-11-12-29-16-30(14-13-28(29)15-27)41-42(48)53-43(50-41)38-21-32-19-36(32)55(38)45(57)40(24(3)4)52-47(59)61-6/h7-16,22-24,31-32,35-40H,17-21H2,1-6H3,(H,50,53)(H,51,58)(H,52,59)/t31-,32-,35-,36-,37+,38+,39+,40+/m1/s1. The van der Waals surface area contributed by atoms with Gasteiger partial charge in [0.1, 0.15) is 28.8 Å². The van der Waals surface area contributed by atoms with Gasteiger partial charge in [0.2, 0.25) is 11.8 Å². The number of hydrogen-bond acceptors (Lipinski definition) is 8. The first-order valence-electron chi connectivity index (χ1n) is 21.3. The number of aromatic amines is 1. The highest BCUT2D eigenvalue weighted by Gasteiger charge is 2.57. The second-order valence-electron chi connectivity index (χ2n) is 17.9. The van der Waals surface area contributed by atoms with Crippen molar-refractivity contribution in [3.63, 3.8) is 0 Å². The Kier molecular flexibility index (Phi) is 10.7. The fraction of sp³-hybridized carbons (Fsp3) is 0.447. The van der Waals surface area contributed by atoms with E-state index in [-0.39, 0.29) is 47.8 Å². The van der Waals surface area contributed by atoms with Crippen LogP contribution in [-0.2, 0) is 19.1 Å². The molecule has 318 valence electrons. The van der Waals surface area contributed by atoms with Gasteiger partial charge in [-0.3, -0.25) is 14.6 Å². The van der Waals surface area contributed by atoms with E-state index in [0.29, 0.717) is 34.9 Å². The van der Waals surface area contributed by atoms with Crippen LogP contribution in [-0.4, -0.2) is 93.9 Å². The number of benzene rings is 3. The zero-order valence-corrected chi connectivity index (χ0v) is 36.0. The number of allylic oxidation sites excluding steroid dienone is 1. The number of alkyl carbamates (subject to hydrolysis) is 2. The summed E-state index contributed by atoms with van der Waals surface area (Å²) < 4.78 is 9.62. The molecule has 8 atom stereocenters. The third kappa shape index (κ3) is 7.66. The molecular formula is C47H52ClN7O6. The maximum absolute atomic E-state index is 13.9. The third-order valence-corrected chi connectivity index (χ3v) is 13.6. The molecule has 5 aliphatic rings. The van der Waals surface area contributed by atoms with Crippen LogP contribution in [0.4, 0.5) is 9.59 Å². The molecule has 3 aromatic carbocycles. The van der Waals surface area contributed by atoms with Crippen LogP contribution in [0.1, 0.15) is 77.2 Å². The molecule has 4 heterocycles. The number of methoxy groups -OCH3 is 2. The van der Waals surface area contributed by atoms with Crippen LogP contribution in [0, 0.1) is 23.7 Å². The van der Waals surface area contributed by atoms with Gasteiger partial charge in [0, 0.05) is 36.0 Å². The lowest BCUT2D eigenvalue weighted by atomic mass is 9.94. The monoisotopic (exact) mass is 845 g/mol. The summed E-state index contributed by atoms with van der Waals surface area (Å²) in [5, 5.41) is 8.03. The highest BCUT2D eigenvalue weighted by molar-refractivity contribution is 6.32. The van der Waals surface area contributed by atoms with Gasteiger partial charge in [0.15, 0.2) is 0 Å². The zero-order valence-electron chi connectivity index (χ0n) is 35.3. The largest absolute Gasteiger partial charge is 0.453 e. The van der Waals surface area contributed by atoms with Crippen molar-refractivity contribution in [2.45, 2.75) is 96.1 Å². The van der Waals surface area contributed by atoms with Crippen molar-refractivity contribution in [2.24, 2.45) is 28.7 Å².